The first kappa shape index (κ1) is 14.3. The van der Waals surface area contributed by atoms with Crippen LogP contribution in [0.15, 0.2) is 18.2 Å². The minimum atomic E-state index is -0.371. The number of likely N-dealkylation sites (N-methyl/N-ethyl adjacent to an activating group) is 2. The molecule has 0 aliphatic heterocycles. The van der Waals surface area contributed by atoms with Gasteiger partial charge in [-0.1, -0.05) is 0 Å². The Labute approximate surface area is 108 Å². The van der Waals surface area contributed by atoms with E-state index in [4.69, 9.17) is 10.5 Å². The lowest BCUT2D eigenvalue weighted by molar-refractivity contribution is 0.0601. The fourth-order valence-corrected chi connectivity index (χ4v) is 1.57. The maximum Gasteiger partial charge on any atom is 0.337 e. The number of hydrogen-bond acceptors (Lipinski definition) is 5. The van der Waals surface area contributed by atoms with Crippen LogP contribution in [0.5, 0.6) is 0 Å². The van der Waals surface area contributed by atoms with Gasteiger partial charge in [0.15, 0.2) is 0 Å². The Morgan fingerprint density at radius 1 is 1.22 bits per heavy atom. The quantitative estimate of drug-likeness (QED) is 0.626. The lowest BCUT2D eigenvalue weighted by Crippen LogP contribution is -2.28. The average Bonchev–Trinajstić information content (AvgIpc) is 2.34. The van der Waals surface area contributed by atoms with Crippen LogP contribution in [0.25, 0.3) is 0 Å². The van der Waals surface area contributed by atoms with E-state index < -0.39 is 0 Å². The number of nitrogen functional groups attached to an aromatic ring is 1. The highest BCUT2D eigenvalue weighted by Gasteiger charge is 2.10. The van der Waals surface area contributed by atoms with Crippen molar-refractivity contribution in [1.82, 2.24) is 4.90 Å². The summed E-state index contributed by atoms with van der Waals surface area (Å²) in [6, 6.07) is 5.26. The molecule has 2 N–H and O–H groups in total. The molecule has 0 saturated heterocycles. The van der Waals surface area contributed by atoms with Crippen molar-refractivity contribution in [2.75, 3.05) is 52.0 Å². The lowest BCUT2D eigenvalue weighted by Gasteiger charge is -2.22. The number of nitrogens with zero attached hydrogens (tertiary/aromatic N) is 2. The monoisotopic (exact) mass is 251 g/mol. The summed E-state index contributed by atoms with van der Waals surface area (Å²) < 4.78 is 4.70. The van der Waals surface area contributed by atoms with E-state index in [2.05, 4.69) is 9.80 Å². The molecule has 0 amide bonds. The molecule has 0 fully saturated rings. The molecule has 0 aliphatic rings. The zero-order chi connectivity index (χ0) is 13.7. The number of benzene rings is 1. The average molecular weight is 251 g/mol. The standard InChI is InChI=1S/C13H21N3O2/c1-15(2)5-6-16(3)12-8-10(13(17)18-4)7-11(14)9-12/h7-9H,5-6,14H2,1-4H3. The predicted molar refractivity (Wildman–Crippen MR) is 74.0 cm³/mol. The summed E-state index contributed by atoms with van der Waals surface area (Å²) in [5.74, 6) is -0.371. The maximum absolute atomic E-state index is 11.5. The molecule has 18 heavy (non-hydrogen) atoms. The minimum absolute atomic E-state index is 0.371. The summed E-state index contributed by atoms with van der Waals surface area (Å²) in [6.45, 7) is 1.79. The Morgan fingerprint density at radius 3 is 2.44 bits per heavy atom. The fourth-order valence-electron chi connectivity index (χ4n) is 1.57. The number of anilines is 2. The Bertz CT molecular complexity index is 419. The molecule has 1 rings (SSSR count). The third kappa shape index (κ3) is 3.92. The van der Waals surface area contributed by atoms with Crippen molar-refractivity contribution in [3.05, 3.63) is 23.8 Å². The van der Waals surface area contributed by atoms with E-state index in [0.29, 0.717) is 11.3 Å². The summed E-state index contributed by atoms with van der Waals surface area (Å²) in [5.41, 5.74) is 7.75. The molecule has 0 spiro atoms. The van der Waals surface area contributed by atoms with Gasteiger partial charge in [-0.25, -0.2) is 4.79 Å². The maximum atomic E-state index is 11.5. The number of hydrogen-bond donors (Lipinski definition) is 1. The molecule has 5 nitrogen and oxygen atoms in total. The van der Waals surface area contributed by atoms with E-state index in [0.717, 1.165) is 18.8 Å². The third-order valence-electron chi connectivity index (χ3n) is 2.68. The van der Waals surface area contributed by atoms with Crippen molar-refractivity contribution in [3.8, 4) is 0 Å². The second kappa shape index (κ2) is 6.26. The minimum Gasteiger partial charge on any atom is -0.465 e. The SMILES string of the molecule is COC(=O)c1cc(N)cc(N(C)CCN(C)C)c1. The molecule has 5 heteroatoms. The summed E-state index contributed by atoms with van der Waals surface area (Å²) in [7, 11) is 7.38. The van der Waals surface area contributed by atoms with Crippen molar-refractivity contribution in [2.24, 2.45) is 0 Å². The Morgan fingerprint density at radius 2 is 1.89 bits per heavy atom. The van der Waals surface area contributed by atoms with Gasteiger partial charge in [0.2, 0.25) is 0 Å². The van der Waals surface area contributed by atoms with E-state index in [9.17, 15) is 4.79 Å². The fraction of sp³-hybridized carbons (Fsp3) is 0.462. The molecule has 1 aromatic carbocycles. The molecule has 0 radical (unpaired) electrons. The van der Waals surface area contributed by atoms with Crippen molar-refractivity contribution < 1.29 is 9.53 Å². The summed E-state index contributed by atoms with van der Waals surface area (Å²) in [6.07, 6.45) is 0. The first-order valence-corrected chi connectivity index (χ1v) is 5.78. The van der Waals surface area contributed by atoms with Gasteiger partial charge in [0, 0.05) is 31.5 Å². The molecule has 1 aromatic rings. The Hall–Kier alpha value is -1.75. The highest BCUT2D eigenvalue weighted by atomic mass is 16.5. The Kier molecular flexibility index (Phi) is 4.97. The summed E-state index contributed by atoms with van der Waals surface area (Å²) >= 11 is 0. The van der Waals surface area contributed by atoms with Crippen molar-refractivity contribution in [3.63, 3.8) is 0 Å². The van der Waals surface area contributed by atoms with Gasteiger partial charge in [-0.05, 0) is 32.3 Å². The highest BCUT2D eigenvalue weighted by Crippen LogP contribution is 2.20. The topological polar surface area (TPSA) is 58.8 Å². The van der Waals surface area contributed by atoms with Crippen molar-refractivity contribution >= 4 is 17.3 Å². The largest absolute Gasteiger partial charge is 0.465 e. The van der Waals surface area contributed by atoms with Crippen LogP contribution in [0.3, 0.4) is 0 Å². The second-order valence-electron chi connectivity index (χ2n) is 4.53. The number of esters is 1. The van der Waals surface area contributed by atoms with Gasteiger partial charge in [0.05, 0.1) is 12.7 Å². The predicted octanol–water partition coefficient (Wildman–Crippen LogP) is 1.05. The zero-order valence-corrected chi connectivity index (χ0v) is 11.4. The molecule has 0 saturated carbocycles. The van der Waals surface area contributed by atoms with E-state index in [-0.39, 0.29) is 5.97 Å². The smallest absolute Gasteiger partial charge is 0.337 e. The number of rotatable bonds is 5. The Balaban J connectivity index is 2.88. The summed E-state index contributed by atoms with van der Waals surface area (Å²) in [5, 5.41) is 0. The highest BCUT2D eigenvalue weighted by molar-refractivity contribution is 5.91. The van der Waals surface area contributed by atoms with Gasteiger partial charge in [-0.3, -0.25) is 0 Å². The summed E-state index contributed by atoms with van der Waals surface area (Å²) in [4.78, 5) is 15.7. The van der Waals surface area contributed by atoms with Crippen LogP contribution < -0.4 is 10.6 Å². The van der Waals surface area contributed by atoms with Gasteiger partial charge in [0.25, 0.3) is 0 Å². The molecule has 0 bridgehead atoms. The van der Waals surface area contributed by atoms with Gasteiger partial charge in [-0.2, -0.15) is 0 Å². The van der Waals surface area contributed by atoms with Crippen LogP contribution in [0.2, 0.25) is 0 Å². The lowest BCUT2D eigenvalue weighted by atomic mass is 10.1. The van der Waals surface area contributed by atoms with Crippen LogP contribution >= 0.6 is 0 Å². The zero-order valence-electron chi connectivity index (χ0n) is 11.4. The second-order valence-corrected chi connectivity index (χ2v) is 4.53. The van der Waals surface area contributed by atoms with Crippen LogP contribution in [-0.4, -0.2) is 52.2 Å². The van der Waals surface area contributed by atoms with E-state index in [1.165, 1.54) is 7.11 Å². The van der Waals surface area contributed by atoms with Crippen molar-refractivity contribution in [2.45, 2.75) is 0 Å². The first-order chi connectivity index (χ1) is 8.43. The van der Waals surface area contributed by atoms with Crippen LogP contribution in [-0.2, 0) is 4.74 Å². The first-order valence-electron chi connectivity index (χ1n) is 5.78. The normalized spacial score (nSPS) is 10.5. The van der Waals surface area contributed by atoms with E-state index >= 15 is 0 Å². The third-order valence-corrected chi connectivity index (χ3v) is 2.68. The number of carbonyl (C=O) groups excluding carboxylic acids is 1. The molecular weight excluding hydrogens is 230 g/mol. The number of ether oxygens (including phenoxy) is 1. The van der Waals surface area contributed by atoms with Crippen LogP contribution in [0.4, 0.5) is 11.4 Å². The van der Waals surface area contributed by atoms with Gasteiger partial charge in [0.1, 0.15) is 0 Å². The van der Waals surface area contributed by atoms with Gasteiger partial charge in [-0.15, -0.1) is 0 Å². The number of methoxy groups -OCH3 is 1. The molecule has 0 aliphatic carbocycles. The van der Waals surface area contributed by atoms with Gasteiger partial charge < -0.3 is 20.3 Å². The van der Waals surface area contributed by atoms with E-state index in [1.54, 1.807) is 12.1 Å². The molecule has 0 heterocycles. The van der Waals surface area contributed by atoms with Crippen molar-refractivity contribution in [1.29, 1.82) is 0 Å². The molecule has 0 unspecified atom stereocenters. The number of nitrogens with two attached hydrogens (primary N) is 1. The number of carbonyl (C=O) groups is 1. The van der Waals surface area contributed by atoms with Crippen LogP contribution in [0, 0.1) is 0 Å². The molecule has 100 valence electrons. The van der Waals surface area contributed by atoms with E-state index in [1.807, 2.05) is 27.2 Å². The van der Waals surface area contributed by atoms with Crippen LogP contribution in [0.1, 0.15) is 10.4 Å². The van der Waals surface area contributed by atoms with Gasteiger partial charge >= 0.3 is 5.97 Å². The molecule has 0 aromatic heterocycles. The molecule has 0 atom stereocenters. The molecular formula is C13H21N3O2.